The number of esters is 1. The number of ether oxygens (including phenoxy) is 1. The van der Waals surface area contributed by atoms with Crippen LogP contribution in [0.15, 0.2) is 30.3 Å². The zero-order chi connectivity index (χ0) is 12.0. The van der Waals surface area contributed by atoms with Gasteiger partial charge in [0.1, 0.15) is 12.6 Å². The summed E-state index contributed by atoms with van der Waals surface area (Å²) in [5.41, 5.74) is 6.02. The van der Waals surface area contributed by atoms with E-state index >= 15 is 0 Å². The van der Waals surface area contributed by atoms with Gasteiger partial charge in [0.05, 0.1) is 0 Å². The molecule has 1 unspecified atom stereocenters. The van der Waals surface area contributed by atoms with Gasteiger partial charge in [0.15, 0.2) is 0 Å². The van der Waals surface area contributed by atoms with Gasteiger partial charge in [-0.2, -0.15) is 0 Å². The predicted octanol–water partition coefficient (Wildman–Crippen LogP) is 1.71. The zero-order valence-electron chi connectivity index (χ0n) is 8.61. The van der Waals surface area contributed by atoms with Crippen LogP contribution in [-0.4, -0.2) is 18.4 Å². The van der Waals surface area contributed by atoms with Crippen LogP contribution < -0.4 is 5.73 Å². The lowest BCUT2D eigenvalue weighted by Gasteiger charge is -2.10. The van der Waals surface area contributed by atoms with Crippen molar-refractivity contribution in [3.8, 4) is 0 Å². The molecule has 0 aliphatic heterocycles. The highest BCUT2D eigenvalue weighted by Crippen LogP contribution is 2.06. The Morgan fingerprint density at radius 2 is 1.94 bits per heavy atom. The van der Waals surface area contributed by atoms with E-state index in [4.69, 9.17) is 10.5 Å². The Morgan fingerprint density at radius 1 is 1.31 bits per heavy atom. The highest BCUT2D eigenvalue weighted by Gasteiger charge is 2.19. The number of carbonyl (C=O) groups excluding carboxylic acids is 1. The van der Waals surface area contributed by atoms with E-state index in [0.717, 1.165) is 5.56 Å². The fourth-order valence-corrected chi connectivity index (χ4v) is 1.12. The lowest BCUT2D eigenvalue weighted by atomic mass is 10.2. The molecule has 1 aromatic carbocycles. The average Bonchev–Trinajstić information content (AvgIpc) is 2.26. The Morgan fingerprint density at radius 3 is 2.50 bits per heavy atom. The first-order valence-corrected chi connectivity index (χ1v) is 4.84. The minimum absolute atomic E-state index is 0.0522. The molecule has 1 rings (SSSR count). The summed E-state index contributed by atoms with van der Waals surface area (Å²) < 4.78 is 28.6. The van der Waals surface area contributed by atoms with Gasteiger partial charge < -0.3 is 10.5 Å². The fourth-order valence-electron chi connectivity index (χ4n) is 1.12. The molecule has 0 saturated heterocycles. The molecule has 1 atom stereocenters. The molecule has 2 N–H and O–H groups in total. The van der Waals surface area contributed by atoms with Crippen LogP contribution in [0.4, 0.5) is 8.78 Å². The Labute approximate surface area is 92.2 Å². The van der Waals surface area contributed by atoms with Crippen molar-refractivity contribution in [2.75, 3.05) is 0 Å². The van der Waals surface area contributed by atoms with Crippen LogP contribution in [-0.2, 0) is 16.1 Å². The van der Waals surface area contributed by atoms with Crippen molar-refractivity contribution < 1.29 is 18.3 Å². The Balaban J connectivity index is 2.35. The summed E-state index contributed by atoms with van der Waals surface area (Å²) in [4.78, 5) is 11.2. The first kappa shape index (κ1) is 12.6. The molecule has 0 aromatic heterocycles. The van der Waals surface area contributed by atoms with Gasteiger partial charge in [-0.3, -0.25) is 4.79 Å². The van der Waals surface area contributed by atoms with Crippen molar-refractivity contribution in [2.24, 2.45) is 5.73 Å². The van der Waals surface area contributed by atoms with Gasteiger partial charge in [0.25, 0.3) is 0 Å². The third kappa shape index (κ3) is 4.35. The number of nitrogens with two attached hydrogens (primary N) is 1. The second-order valence-corrected chi connectivity index (χ2v) is 3.33. The standard InChI is InChI=1S/C11H13F2NO2/c12-10(13)6-9(14)11(15)16-7-8-4-2-1-3-5-8/h1-5,9-10H,6-7,14H2. The topological polar surface area (TPSA) is 52.3 Å². The quantitative estimate of drug-likeness (QED) is 0.782. The van der Waals surface area contributed by atoms with Crippen molar-refractivity contribution >= 4 is 5.97 Å². The van der Waals surface area contributed by atoms with E-state index in [1.807, 2.05) is 6.07 Å². The minimum atomic E-state index is -2.60. The van der Waals surface area contributed by atoms with Gasteiger partial charge in [-0.15, -0.1) is 0 Å². The van der Waals surface area contributed by atoms with E-state index in [1.54, 1.807) is 24.3 Å². The Kier molecular flexibility index (Phi) is 4.85. The van der Waals surface area contributed by atoms with Crippen LogP contribution in [0.3, 0.4) is 0 Å². The number of hydrogen-bond donors (Lipinski definition) is 1. The van der Waals surface area contributed by atoms with Crippen molar-refractivity contribution in [1.82, 2.24) is 0 Å². The second kappa shape index (κ2) is 6.17. The maximum absolute atomic E-state index is 11.9. The van der Waals surface area contributed by atoms with Gasteiger partial charge >= 0.3 is 5.97 Å². The molecule has 88 valence electrons. The van der Waals surface area contributed by atoms with Gasteiger partial charge in [-0.05, 0) is 5.56 Å². The van der Waals surface area contributed by atoms with E-state index in [1.165, 1.54) is 0 Å². The molecule has 0 bridgehead atoms. The van der Waals surface area contributed by atoms with E-state index in [0.29, 0.717) is 0 Å². The number of benzene rings is 1. The fraction of sp³-hybridized carbons (Fsp3) is 0.364. The second-order valence-electron chi connectivity index (χ2n) is 3.33. The number of hydrogen-bond acceptors (Lipinski definition) is 3. The Hall–Kier alpha value is -1.49. The molecule has 0 spiro atoms. The van der Waals surface area contributed by atoms with Crippen LogP contribution in [0.1, 0.15) is 12.0 Å². The SMILES string of the molecule is NC(CC(F)F)C(=O)OCc1ccccc1. The molecule has 0 fully saturated rings. The summed E-state index contributed by atoms with van der Waals surface area (Å²) >= 11 is 0. The molecule has 0 aliphatic carbocycles. The predicted molar refractivity (Wildman–Crippen MR) is 54.8 cm³/mol. The van der Waals surface area contributed by atoms with Crippen LogP contribution in [0.5, 0.6) is 0 Å². The molecule has 1 aromatic rings. The highest BCUT2D eigenvalue weighted by atomic mass is 19.3. The van der Waals surface area contributed by atoms with Crippen LogP contribution >= 0.6 is 0 Å². The number of alkyl halides is 2. The largest absolute Gasteiger partial charge is 0.460 e. The first-order chi connectivity index (χ1) is 7.59. The van der Waals surface area contributed by atoms with Crippen LogP contribution in [0.2, 0.25) is 0 Å². The molecule has 0 saturated carbocycles. The molecule has 0 aliphatic rings. The monoisotopic (exact) mass is 229 g/mol. The van der Waals surface area contributed by atoms with E-state index in [9.17, 15) is 13.6 Å². The molecule has 5 heteroatoms. The van der Waals surface area contributed by atoms with E-state index in [-0.39, 0.29) is 6.61 Å². The molecule has 0 amide bonds. The summed E-state index contributed by atoms with van der Waals surface area (Å²) in [6.45, 7) is 0.0522. The lowest BCUT2D eigenvalue weighted by Crippen LogP contribution is -2.34. The third-order valence-electron chi connectivity index (χ3n) is 1.96. The molecular formula is C11H13F2NO2. The average molecular weight is 229 g/mol. The van der Waals surface area contributed by atoms with Crippen molar-refractivity contribution in [2.45, 2.75) is 25.5 Å². The first-order valence-electron chi connectivity index (χ1n) is 4.84. The maximum atomic E-state index is 11.9. The number of halogens is 2. The summed E-state index contributed by atoms with van der Waals surface area (Å²) in [7, 11) is 0. The van der Waals surface area contributed by atoms with E-state index < -0.39 is 24.9 Å². The van der Waals surface area contributed by atoms with E-state index in [2.05, 4.69) is 0 Å². The van der Waals surface area contributed by atoms with Crippen LogP contribution in [0.25, 0.3) is 0 Å². The molecule has 0 heterocycles. The number of rotatable bonds is 5. The summed E-state index contributed by atoms with van der Waals surface area (Å²) in [6, 6.07) is 7.69. The third-order valence-corrected chi connectivity index (χ3v) is 1.96. The lowest BCUT2D eigenvalue weighted by molar-refractivity contribution is -0.147. The maximum Gasteiger partial charge on any atom is 0.323 e. The van der Waals surface area contributed by atoms with Gasteiger partial charge in [-0.1, -0.05) is 30.3 Å². The summed E-state index contributed by atoms with van der Waals surface area (Å²) in [5.74, 6) is -0.802. The number of carbonyl (C=O) groups is 1. The van der Waals surface area contributed by atoms with Gasteiger partial charge in [-0.25, -0.2) is 8.78 Å². The zero-order valence-corrected chi connectivity index (χ0v) is 8.61. The Bertz CT molecular complexity index is 330. The molecule has 0 radical (unpaired) electrons. The van der Waals surface area contributed by atoms with Crippen molar-refractivity contribution in [3.63, 3.8) is 0 Å². The highest BCUT2D eigenvalue weighted by molar-refractivity contribution is 5.75. The minimum Gasteiger partial charge on any atom is -0.460 e. The van der Waals surface area contributed by atoms with Crippen molar-refractivity contribution in [1.29, 1.82) is 0 Å². The van der Waals surface area contributed by atoms with Gasteiger partial charge in [0.2, 0.25) is 6.43 Å². The van der Waals surface area contributed by atoms with Gasteiger partial charge in [0, 0.05) is 6.42 Å². The van der Waals surface area contributed by atoms with Crippen molar-refractivity contribution in [3.05, 3.63) is 35.9 Å². The summed E-state index contributed by atoms with van der Waals surface area (Å²) in [6.07, 6.45) is -3.27. The normalized spacial score (nSPS) is 12.5. The smallest absolute Gasteiger partial charge is 0.323 e. The van der Waals surface area contributed by atoms with Crippen LogP contribution in [0, 0.1) is 0 Å². The molecule has 3 nitrogen and oxygen atoms in total. The molecule has 16 heavy (non-hydrogen) atoms. The molecular weight excluding hydrogens is 216 g/mol. The summed E-state index contributed by atoms with van der Waals surface area (Å²) in [5, 5.41) is 0.